The van der Waals surface area contributed by atoms with Crippen molar-refractivity contribution in [3.05, 3.63) is 77.0 Å². The Morgan fingerprint density at radius 3 is 2.78 bits per heavy atom. The van der Waals surface area contributed by atoms with Gasteiger partial charge in [-0.1, -0.05) is 12.1 Å². The van der Waals surface area contributed by atoms with E-state index in [0.29, 0.717) is 11.3 Å². The van der Waals surface area contributed by atoms with Crippen molar-refractivity contribution in [3.8, 4) is 0 Å². The van der Waals surface area contributed by atoms with Crippen molar-refractivity contribution in [1.29, 1.82) is 5.41 Å². The summed E-state index contributed by atoms with van der Waals surface area (Å²) in [5.41, 5.74) is 3.56. The molecule has 0 saturated heterocycles. The van der Waals surface area contributed by atoms with Gasteiger partial charge in [-0.3, -0.25) is 4.79 Å². The molecule has 1 atom stereocenters. The number of carbonyl (C=O) groups excluding carboxylic acids is 1. The Kier molecular flexibility index (Phi) is 5.12. The van der Waals surface area contributed by atoms with E-state index in [9.17, 15) is 9.18 Å². The molecular formula is C20H22FN5O. The van der Waals surface area contributed by atoms with Gasteiger partial charge in [0.1, 0.15) is 12.0 Å². The Labute approximate surface area is 157 Å². The van der Waals surface area contributed by atoms with Crippen LogP contribution in [0.15, 0.2) is 60.1 Å². The third-order valence-electron chi connectivity index (χ3n) is 4.45. The Balaban J connectivity index is 1.94. The van der Waals surface area contributed by atoms with Crippen molar-refractivity contribution in [1.82, 2.24) is 20.9 Å². The molecule has 0 aliphatic carbocycles. The molecule has 2 aliphatic rings. The first-order chi connectivity index (χ1) is 13.0. The van der Waals surface area contributed by atoms with E-state index in [-0.39, 0.29) is 11.7 Å². The zero-order valence-electron chi connectivity index (χ0n) is 15.4. The molecule has 0 fully saturated rings. The number of allylic oxidation sites excluding steroid dienone is 3. The third kappa shape index (κ3) is 3.48. The minimum Gasteiger partial charge on any atom is -0.393 e. The number of carbonyl (C=O) groups is 1. The molecule has 2 aliphatic heterocycles. The number of amides is 1. The smallest absolute Gasteiger partial charge is 0.253 e. The van der Waals surface area contributed by atoms with Crippen molar-refractivity contribution in [2.45, 2.75) is 13.1 Å². The Hall–Kier alpha value is -3.35. The highest BCUT2D eigenvalue weighted by atomic mass is 19.1. The number of hydrogen-bond donors (Lipinski definition) is 4. The van der Waals surface area contributed by atoms with Gasteiger partial charge < -0.3 is 26.3 Å². The van der Waals surface area contributed by atoms with Crippen LogP contribution in [0.25, 0.3) is 5.70 Å². The molecule has 2 heterocycles. The molecule has 1 unspecified atom stereocenters. The van der Waals surface area contributed by atoms with Crippen molar-refractivity contribution >= 4 is 17.3 Å². The lowest BCUT2D eigenvalue weighted by Gasteiger charge is -2.28. The predicted octanol–water partition coefficient (Wildman–Crippen LogP) is 2.31. The van der Waals surface area contributed by atoms with Crippen LogP contribution in [0, 0.1) is 11.2 Å². The fourth-order valence-corrected chi connectivity index (χ4v) is 3.09. The summed E-state index contributed by atoms with van der Waals surface area (Å²) in [4.78, 5) is 13.7. The van der Waals surface area contributed by atoms with E-state index in [1.54, 1.807) is 26.2 Å². The van der Waals surface area contributed by atoms with Crippen molar-refractivity contribution in [2.24, 2.45) is 0 Å². The molecule has 0 bridgehead atoms. The van der Waals surface area contributed by atoms with E-state index in [4.69, 9.17) is 5.41 Å². The monoisotopic (exact) mass is 367 g/mol. The highest BCUT2D eigenvalue weighted by molar-refractivity contribution is 6.00. The molecule has 0 spiro atoms. The molecule has 1 aromatic carbocycles. The van der Waals surface area contributed by atoms with E-state index in [1.807, 2.05) is 29.5 Å². The summed E-state index contributed by atoms with van der Waals surface area (Å²) in [6, 6.07) is 4.57. The molecule has 4 N–H and O–H groups in total. The first-order valence-electron chi connectivity index (χ1n) is 8.56. The molecule has 0 aromatic heterocycles. The number of rotatable bonds is 5. The maximum Gasteiger partial charge on any atom is 0.253 e. The highest BCUT2D eigenvalue weighted by Gasteiger charge is 2.27. The van der Waals surface area contributed by atoms with Gasteiger partial charge in [0.05, 0.1) is 11.3 Å². The topological polar surface area (TPSA) is 80.2 Å². The van der Waals surface area contributed by atoms with Gasteiger partial charge in [-0.2, -0.15) is 0 Å². The summed E-state index contributed by atoms with van der Waals surface area (Å²) in [5, 5.41) is 16.6. The Morgan fingerprint density at radius 1 is 1.37 bits per heavy atom. The van der Waals surface area contributed by atoms with Gasteiger partial charge >= 0.3 is 0 Å². The van der Waals surface area contributed by atoms with Crippen molar-refractivity contribution in [3.63, 3.8) is 0 Å². The summed E-state index contributed by atoms with van der Waals surface area (Å²) in [5.74, 6) is -1.03. The number of nitrogens with one attached hydrogen (secondary N) is 4. The second-order valence-corrected chi connectivity index (χ2v) is 6.24. The maximum absolute atomic E-state index is 14.4. The zero-order chi connectivity index (χ0) is 19.6. The van der Waals surface area contributed by atoms with Crippen LogP contribution < -0.4 is 16.0 Å². The van der Waals surface area contributed by atoms with Crippen LogP contribution in [0.2, 0.25) is 0 Å². The first-order valence-corrected chi connectivity index (χ1v) is 8.56. The molecule has 1 aromatic rings. The Bertz CT molecular complexity index is 913. The minimum atomic E-state index is -0.570. The number of nitrogens with zero attached hydrogens (tertiary/aromatic N) is 1. The van der Waals surface area contributed by atoms with E-state index < -0.39 is 11.7 Å². The second kappa shape index (κ2) is 7.49. The zero-order valence-corrected chi connectivity index (χ0v) is 15.4. The normalized spacial score (nSPS) is 18.3. The standard InChI is InChI=1S/C20H22FN5O/c1-12(22)16(9-23-2)14-5-7-19-25-10-18(26(19)11-14)13-4-6-15(17(21)8-13)20(27)24-3/h4-11,19,22-23,25H,1-3H3,(H,24,27)/b16-9+,22-12?. The summed E-state index contributed by atoms with van der Waals surface area (Å²) in [6.45, 7) is 1.73. The van der Waals surface area contributed by atoms with E-state index in [2.05, 4.69) is 16.0 Å². The highest BCUT2D eigenvalue weighted by Crippen LogP contribution is 2.31. The van der Waals surface area contributed by atoms with Crippen LogP contribution in [0.4, 0.5) is 4.39 Å². The molecule has 0 radical (unpaired) electrons. The quantitative estimate of drug-likeness (QED) is 0.602. The van der Waals surface area contributed by atoms with E-state index in [1.165, 1.54) is 19.2 Å². The lowest BCUT2D eigenvalue weighted by Crippen LogP contribution is -2.33. The van der Waals surface area contributed by atoms with Gasteiger partial charge in [0.25, 0.3) is 5.91 Å². The van der Waals surface area contributed by atoms with E-state index in [0.717, 1.165) is 16.8 Å². The largest absolute Gasteiger partial charge is 0.393 e. The Morgan fingerprint density at radius 2 is 2.15 bits per heavy atom. The molecule has 0 saturated carbocycles. The summed E-state index contributed by atoms with van der Waals surface area (Å²) < 4.78 is 14.4. The van der Waals surface area contributed by atoms with Crippen LogP contribution in [0.1, 0.15) is 22.8 Å². The average molecular weight is 367 g/mol. The average Bonchev–Trinajstić information content (AvgIpc) is 3.08. The molecule has 6 nitrogen and oxygen atoms in total. The van der Waals surface area contributed by atoms with Crippen LogP contribution in [-0.2, 0) is 0 Å². The molecule has 1 amide bonds. The SMILES string of the molecule is CN/C=C(\C(C)=N)C1=CN2C(c3ccc(C(=O)NC)c(F)c3)=CNC2C=C1. The van der Waals surface area contributed by atoms with Crippen molar-refractivity contribution in [2.75, 3.05) is 14.1 Å². The van der Waals surface area contributed by atoms with Crippen LogP contribution >= 0.6 is 0 Å². The molecule has 7 heteroatoms. The molecule has 140 valence electrons. The van der Waals surface area contributed by atoms with E-state index >= 15 is 0 Å². The number of fused-ring (bicyclic) bond motifs is 1. The van der Waals surface area contributed by atoms with Gasteiger partial charge in [-0.15, -0.1) is 0 Å². The number of hydrogen-bond acceptors (Lipinski definition) is 5. The minimum absolute atomic E-state index is 0.0118. The fourth-order valence-electron chi connectivity index (χ4n) is 3.09. The molecule has 27 heavy (non-hydrogen) atoms. The third-order valence-corrected chi connectivity index (χ3v) is 4.45. The lowest BCUT2D eigenvalue weighted by molar-refractivity contribution is 0.0959. The fraction of sp³-hybridized carbons (Fsp3) is 0.200. The first kappa shape index (κ1) is 18.4. The van der Waals surface area contributed by atoms with Crippen LogP contribution in [0.3, 0.4) is 0 Å². The second-order valence-electron chi connectivity index (χ2n) is 6.24. The molecule has 3 rings (SSSR count). The summed E-state index contributed by atoms with van der Waals surface area (Å²) in [6.07, 6.45) is 9.40. The summed E-state index contributed by atoms with van der Waals surface area (Å²) >= 11 is 0. The number of benzene rings is 1. The van der Waals surface area contributed by atoms with Gasteiger partial charge in [-0.05, 0) is 25.1 Å². The predicted molar refractivity (Wildman–Crippen MR) is 104 cm³/mol. The van der Waals surface area contributed by atoms with Gasteiger partial charge in [-0.25, -0.2) is 4.39 Å². The van der Waals surface area contributed by atoms with Gasteiger partial charge in [0, 0.05) is 55.1 Å². The van der Waals surface area contributed by atoms with Crippen molar-refractivity contribution < 1.29 is 9.18 Å². The number of halogens is 1. The maximum atomic E-state index is 14.4. The van der Waals surface area contributed by atoms with Crippen LogP contribution in [0.5, 0.6) is 0 Å². The van der Waals surface area contributed by atoms with Crippen LogP contribution in [-0.4, -0.2) is 36.8 Å². The van der Waals surface area contributed by atoms with Gasteiger partial charge in [0.2, 0.25) is 0 Å². The summed E-state index contributed by atoms with van der Waals surface area (Å²) in [7, 11) is 3.26. The molecular weight excluding hydrogens is 345 g/mol. The lowest BCUT2D eigenvalue weighted by atomic mass is 10.0. The van der Waals surface area contributed by atoms with Gasteiger partial charge in [0.15, 0.2) is 0 Å².